The largest absolute Gasteiger partial charge is 0.491 e. The number of amides is 1. The minimum absolute atomic E-state index is 0.0103. The molecule has 0 aromatic heterocycles. The Morgan fingerprint density at radius 1 is 1.19 bits per heavy atom. The molecule has 0 spiro atoms. The molecule has 0 aliphatic carbocycles. The minimum Gasteiger partial charge on any atom is -0.491 e. The highest BCUT2D eigenvalue weighted by molar-refractivity contribution is 7.92. The van der Waals surface area contributed by atoms with Crippen LogP contribution in [-0.2, 0) is 14.8 Å². The summed E-state index contributed by atoms with van der Waals surface area (Å²) in [4.78, 5) is 12.2. The topological polar surface area (TPSA) is 75.7 Å². The lowest BCUT2D eigenvalue weighted by Gasteiger charge is -2.22. The number of sulfonamides is 1. The summed E-state index contributed by atoms with van der Waals surface area (Å²) in [6, 6.07) is 11.8. The quantitative estimate of drug-likeness (QED) is 0.801. The van der Waals surface area contributed by atoms with E-state index in [4.69, 9.17) is 4.74 Å². The number of ether oxygens (including phenoxy) is 1. The van der Waals surface area contributed by atoms with Gasteiger partial charge >= 0.3 is 0 Å². The minimum atomic E-state index is -3.69. The van der Waals surface area contributed by atoms with Crippen molar-refractivity contribution in [2.24, 2.45) is 0 Å². The van der Waals surface area contributed by atoms with Gasteiger partial charge in [-0.2, -0.15) is 0 Å². The molecule has 1 amide bonds. The molecule has 26 heavy (non-hydrogen) atoms. The van der Waals surface area contributed by atoms with E-state index in [9.17, 15) is 17.6 Å². The fraction of sp³-hybridized carbons (Fsp3) is 0.278. The molecular formula is C18H21FN2O4S. The summed E-state index contributed by atoms with van der Waals surface area (Å²) in [7, 11) is -3.69. The summed E-state index contributed by atoms with van der Waals surface area (Å²) in [5.74, 6) is -0.478. The average molecular weight is 380 g/mol. The number of nitrogens with one attached hydrogen (secondary N) is 1. The van der Waals surface area contributed by atoms with E-state index in [-0.39, 0.29) is 11.8 Å². The predicted molar refractivity (Wildman–Crippen MR) is 99.4 cm³/mol. The maximum atomic E-state index is 13.2. The highest BCUT2D eigenvalue weighted by Crippen LogP contribution is 2.22. The first-order chi connectivity index (χ1) is 12.1. The Balaban J connectivity index is 2.16. The molecule has 0 aliphatic rings. The maximum absolute atomic E-state index is 13.2. The van der Waals surface area contributed by atoms with Gasteiger partial charge in [0, 0.05) is 5.69 Å². The highest BCUT2D eigenvalue weighted by atomic mass is 32.2. The zero-order valence-corrected chi connectivity index (χ0v) is 15.6. The fourth-order valence-electron chi connectivity index (χ4n) is 2.26. The van der Waals surface area contributed by atoms with Gasteiger partial charge in [-0.3, -0.25) is 9.10 Å². The molecule has 0 aliphatic heterocycles. The number of carbonyl (C=O) groups is 1. The first-order valence-electron chi connectivity index (χ1n) is 7.95. The fourth-order valence-corrected chi connectivity index (χ4v) is 3.12. The van der Waals surface area contributed by atoms with Gasteiger partial charge in [-0.15, -0.1) is 0 Å². The number of rotatable bonds is 7. The second-order valence-corrected chi connectivity index (χ2v) is 7.90. The molecule has 0 radical (unpaired) electrons. The molecule has 6 nitrogen and oxygen atoms in total. The van der Waals surface area contributed by atoms with Gasteiger partial charge in [0.15, 0.2) is 0 Å². The Bertz CT molecular complexity index is 867. The zero-order valence-electron chi connectivity index (χ0n) is 14.8. The van der Waals surface area contributed by atoms with Crippen molar-refractivity contribution < 1.29 is 22.3 Å². The number of carbonyl (C=O) groups excluding carboxylic acids is 1. The Morgan fingerprint density at radius 3 is 2.38 bits per heavy atom. The Hall–Kier alpha value is -2.61. The molecule has 0 saturated carbocycles. The van der Waals surface area contributed by atoms with Crippen LogP contribution < -0.4 is 14.4 Å². The Kier molecular flexibility index (Phi) is 6.20. The molecule has 0 atom stereocenters. The first-order valence-corrected chi connectivity index (χ1v) is 9.80. The average Bonchev–Trinajstić information content (AvgIpc) is 2.52. The monoisotopic (exact) mass is 380 g/mol. The first kappa shape index (κ1) is 19.7. The summed E-state index contributed by atoms with van der Waals surface area (Å²) in [6.45, 7) is 3.33. The van der Waals surface area contributed by atoms with Gasteiger partial charge in [-0.05, 0) is 56.3 Å². The molecule has 8 heteroatoms. The number of anilines is 2. The summed E-state index contributed by atoms with van der Waals surface area (Å²) in [5, 5.41) is 2.48. The van der Waals surface area contributed by atoms with Crippen LogP contribution >= 0.6 is 0 Å². The van der Waals surface area contributed by atoms with E-state index in [0.717, 1.165) is 16.6 Å². The van der Waals surface area contributed by atoms with Crippen molar-refractivity contribution in [2.45, 2.75) is 20.0 Å². The molecule has 0 saturated heterocycles. The molecule has 0 bridgehead atoms. The summed E-state index contributed by atoms with van der Waals surface area (Å²) < 4.78 is 43.9. The van der Waals surface area contributed by atoms with E-state index in [1.54, 1.807) is 24.3 Å². The molecule has 2 aromatic carbocycles. The second kappa shape index (κ2) is 8.18. The van der Waals surface area contributed by atoms with E-state index in [2.05, 4.69) is 5.32 Å². The lowest BCUT2D eigenvalue weighted by Crippen LogP contribution is -2.37. The van der Waals surface area contributed by atoms with Gasteiger partial charge < -0.3 is 10.1 Å². The predicted octanol–water partition coefficient (Wildman–Crippen LogP) is 3.02. The van der Waals surface area contributed by atoms with Crippen LogP contribution in [0, 0.1) is 5.82 Å². The normalized spacial score (nSPS) is 11.3. The van der Waals surface area contributed by atoms with Gasteiger partial charge in [0.05, 0.1) is 18.0 Å². The zero-order chi connectivity index (χ0) is 19.3. The van der Waals surface area contributed by atoms with Gasteiger partial charge in [0.1, 0.15) is 18.1 Å². The van der Waals surface area contributed by atoms with E-state index < -0.39 is 28.3 Å². The van der Waals surface area contributed by atoms with Crippen molar-refractivity contribution in [1.82, 2.24) is 0 Å². The summed E-state index contributed by atoms with van der Waals surface area (Å²) >= 11 is 0. The number of hydrogen-bond donors (Lipinski definition) is 1. The van der Waals surface area contributed by atoms with Crippen LogP contribution in [0.1, 0.15) is 13.8 Å². The van der Waals surface area contributed by atoms with Gasteiger partial charge in [-0.25, -0.2) is 12.8 Å². The lowest BCUT2D eigenvalue weighted by atomic mass is 10.3. The highest BCUT2D eigenvalue weighted by Gasteiger charge is 2.21. The molecule has 140 valence electrons. The van der Waals surface area contributed by atoms with Gasteiger partial charge in [0.2, 0.25) is 15.9 Å². The summed E-state index contributed by atoms with van der Waals surface area (Å²) in [6.07, 6.45) is 1.00. The van der Waals surface area contributed by atoms with Crippen LogP contribution in [0.2, 0.25) is 0 Å². The van der Waals surface area contributed by atoms with Crippen LogP contribution in [0.5, 0.6) is 5.75 Å². The van der Waals surface area contributed by atoms with Crippen molar-refractivity contribution in [3.63, 3.8) is 0 Å². The van der Waals surface area contributed by atoms with Gasteiger partial charge in [-0.1, -0.05) is 6.07 Å². The van der Waals surface area contributed by atoms with Crippen LogP contribution in [-0.4, -0.2) is 33.2 Å². The van der Waals surface area contributed by atoms with E-state index in [1.165, 1.54) is 18.2 Å². The second-order valence-electron chi connectivity index (χ2n) is 5.99. The molecule has 0 fully saturated rings. The van der Waals surface area contributed by atoms with E-state index in [0.29, 0.717) is 11.4 Å². The SMILES string of the molecule is CC(C)Oc1ccc(N(CC(=O)Nc2cccc(F)c2)S(C)(=O)=O)cc1. The third-order valence-electron chi connectivity index (χ3n) is 3.29. The molecule has 0 heterocycles. The van der Waals surface area contributed by atoms with Gasteiger partial charge in [0.25, 0.3) is 0 Å². The molecule has 1 N–H and O–H groups in total. The molecular weight excluding hydrogens is 359 g/mol. The van der Waals surface area contributed by atoms with Crippen molar-refractivity contribution in [3.8, 4) is 5.75 Å². The number of hydrogen-bond acceptors (Lipinski definition) is 4. The van der Waals surface area contributed by atoms with Crippen LogP contribution in [0.3, 0.4) is 0 Å². The lowest BCUT2D eigenvalue weighted by molar-refractivity contribution is -0.114. The van der Waals surface area contributed by atoms with E-state index in [1.807, 2.05) is 13.8 Å². The molecule has 2 rings (SSSR count). The smallest absolute Gasteiger partial charge is 0.245 e. The number of halogens is 1. The maximum Gasteiger partial charge on any atom is 0.245 e. The Labute approximate surface area is 152 Å². The number of nitrogens with zero attached hydrogens (tertiary/aromatic N) is 1. The van der Waals surface area contributed by atoms with Crippen molar-refractivity contribution in [3.05, 3.63) is 54.3 Å². The van der Waals surface area contributed by atoms with E-state index >= 15 is 0 Å². The van der Waals surface area contributed by atoms with Crippen LogP contribution in [0.25, 0.3) is 0 Å². The standard InChI is InChI=1S/C18H21FN2O4S/c1-13(2)25-17-9-7-16(8-10-17)21(26(3,23)24)12-18(22)20-15-6-4-5-14(19)11-15/h4-11,13H,12H2,1-3H3,(H,20,22). The molecule has 0 unspecified atom stereocenters. The summed E-state index contributed by atoms with van der Waals surface area (Å²) in [5.41, 5.74) is 0.585. The van der Waals surface area contributed by atoms with Crippen molar-refractivity contribution in [1.29, 1.82) is 0 Å². The molecule has 2 aromatic rings. The third-order valence-corrected chi connectivity index (χ3v) is 4.43. The number of benzene rings is 2. The van der Waals surface area contributed by atoms with Crippen LogP contribution in [0.4, 0.5) is 15.8 Å². The third kappa shape index (κ3) is 5.73. The van der Waals surface area contributed by atoms with Crippen molar-refractivity contribution in [2.75, 3.05) is 22.4 Å². The van der Waals surface area contributed by atoms with Crippen LogP contribution in [0.15, 0.2) is 48.5 Å². The Morgan fingerprint density at radius 2 is 1.85 bits per heavy atom. The van der Waals surface area contributed by atoms with Crippen molar-refractivity contribution >= 4 is 27.3 Å².